The van der Waals surface area contributed by atoms with Gasteiger partial charge in [0.1, 0.15) is 5.82 Å². The van der Waals surface area contributed by atoms with E-state index in [1.54, 1.807) is 0 Å². The van der Waals surface area contributed by atoms with E-state index in [2.05, 4.69) is 81.8 Å². The Morgan fingerprint density at radius 3 is 2.39 bits per heavy atom. The number of rotatable bonds is 8. The fraction of sp³-hybridized carbons (Fsp3) is 0.538. The van der Waals surface area contributed by atoms with Gasteiger partial charge in [0, 0.05) is 45.5 Å². The summed E-state index contributed by atoms with van der Waals surface area (Å²) in [6.07, 6.45) is 4.54. The highest BCUT2D eigenvalue weighted by Gasteiger charge is 2.23. The number of anilines is 1. The van der Waals surface area contributed by atoms with Crippen LogP contribution in [-0.2, 0) is 6.54 Å². The lowest BCUT2D eigenvalue weighted by Gasteiger charge is -2.33. The summed E-state index contributed by atoms with van der Waals surface area (Å²) in [4.78, 5) is 16.9. The number of aliphatic imine (C=N–C) groups is 1. The van der Waals surface area contributed by atoms with Crippen molar-refractivity contribution in [2.75, 3.05) is 64.3 Å². The number of nitrogens with one attached hydrogen (secondary N) is 2. The molecule has 4 rings (SSSR count). The van der Waals surface area contributed by atoms with E-state index in [-0.39, 0.29) is 0 Å². The second-order valence-electron chi connectivity index (χ2n) is 9.06. The Morgan fingerprint density at radius 1 is 0.970 bits per heavy atom. The summed E-state index contributed by atoms with van der Waals surface area (Å²) in [6, 6.07) is 15.5. The summed E-state index contributed by atoms with van der Waals surface area (Å²) in [7, 11) is 2.18. The van der Waals surface area contributed by atoms with Crippen LogP contribution in [0.4, 0.5) is 5.82 Å². The zero-order valence-electron chi connectivity index (χ0n) is 20.2. The first kappa shape index (κ1) is 23.5. The van der Waals surface area contributed by atoms with E-state index in [1.807, 2.05) is 6.20 Å². The van der Waals surface area contributed by atoms with Crippen molar-refractivity contribution in [3.8, 4) is 0 Å². The summed E-state index contributed by atoms with van der Waals surface area (Å²) < 4.78 is 0. The van der Waals surface area contributed by atoms with Gasteiger partial charge in [-0.25, -0.2) is 9.98 Å². The van der Waals surface area contributed by atoms with Crippen LogP contribution in [0, 0.1) is 0 Å². The molecule has 2 saturated heterocycles. The lowest BCUT2D eigenvalue weighted by atomic mass is 10.1. The number of aromatic nitrogens is 1. The Hall–Kier alpha value is -2.64. The van der Waals surface area contributed by atoms with Gasteiger partial charge in [-0.2, -0.15) is 0 Å². The van der Waals surface area contributed by atoms with Gasteiger partial charge in [-0.3, -0.25) is 4.90 Å². The fourth-order valence-electron chi connectivity index (χ4n) is 4.62. The zero-order valence-corrected chi connectivity index (χ0v) is 20.2. The summed E-state index contributed by atoms with van der Waals surface area (Å²) in [5.74, 6) is 1.93. The molecule has 0 radical (unpaired) electrons. The Morgan fingerprint density at radius 2 is 1.73 bits per heavy atom. The number of likely N-dealkylation sites (tertiary alicyclic amines) is 1. The molecule has 0 amide bonds. The summed E-state index contributed by atoms with van der Waals surface area (Å²) in [5, 5.41) is 7.00. The van der Waals surface area contributed by atoms with Crippen LogP contribution >= 0.6 is 0 Å². The van der Waals surface area contributed by atoms with Crippen molar-refractivity contribution in [1.29, 1.82) is 0 Å². The molecule has 2 aromatic rings. The van der Waals surface area contributed by atoms with Gasteiger partial charge in [0.15, 0.2) is 5.96 Å². The van der Waals surface area contributed by atoms with E-state index >= 15 is 0 Å². The average molecular weight is 450 g/mol. The maximum absolute atomic E-state index is 4.84. The Labute approximate surface area is 198 Å². The van der Waals surface area contributed by atoms with E-state index in [4.69, 9.17) is 9.98 Å². The molecule has 0 saturated carbocycles. The zero-order chi connectivity index (χ0) is 22.9. The second kappa shape index (κ2) is 12.0. The molecule has 7 heteroatoms. The monoisotopic (exact) mass is 449 g/mol. The van der Waals surface area contributed by atoms with Crippen LogP contribution in [-0.4, -0.2) is 80.1 Å². The highest BCUT2D eigenvalue weighted by Crippen LogP contribution is 2.24. The molecular formula is C26H39N7. The van der Waals surface area contributed by atoms with Gasteiger partial charge in [0.2, 0.25) is 0 Å². The van der Waals surface area contributed by atoms with Crippen LogP contribution in [0.5, 0.6) is 0 Å². The van der Waals surface area contributed by atoms with Crippen LogP contribution in [0.1, 0.15) is 36.9 Å². The summed E-state index contributed by atoms with van der Waals surface area (Å²) >= 11 is 0. The van der Waals surface area contributed by atoms with E-state index in [9.17, 15) is 0 Å². The number of piperazine rings is 1. The van der Waals surface area contributed by atoms with Crippen molar-refractivity contribution in [2.24, 2.45) is 4.99 Å². The molecule has 0 spiro atoms. The topological polar surface area (TPSA) is 59.0 Å². The maximum atomic E-state index is 4.84. The van der Waals surface area contributed by atoms with E-state index in [0.29, 0.717) is 12.6 Å². The molecule has 2 fully saturated rings. The first-order valence-electron chi connectivity index (χ1n) is 12.4. The van der Waals surface area contributed by atoms with Gasteiger partial charge >= 0.3 is 0 Å². The molecule has 3 heterocycles. The van der Waals surface area contributed by atoms with Crippen LogP contribution < -0.4 is 15.5 Å². The SMILES string of the molecule is CCNC(=NCc1ccc(N2CCN(C)CC2)nc1)NCC(c1ccccc1)N1CCCC1. The van der Waals surface area contributed by atoms with Crippen molar-refractivity contribution in [3.05, 3.63) is 59.8 Å². The molecule has 1 aromatic carbocycles. The normalized spacial score (nSPS) is 19.0. The van der Waals surface area contributed by atoms with Crippen molar-refractivity contribution < 1.29 is 0 Å². The highest BCUT2D eigenvalue weighted by atomic mass is 15.3. The largest absolute Gasteiger partial charge is 0.357 e. The molecule has 7 nitrogen and oxygen atoms in total. The smallest absolute Gasteiger partial charge is 0.191 e. The average Bonchev–Trinajstić information content (AvgIpc) is 3.39. The van der Waals surface area contributed by atoms with Crippen molar-refractivity contribution in [2.45, 2.75) is 32.4 Å². The molecule has 1 atom stereocenters. The second-order valence-corrected chi connectivity index (χ2v) is 9.06. The van der Waals surface area contributed by atoms with E-state index in [1.165, 1.54) is 31.5 Å². The summed E-state index contributed by atoms with van der Waals surface area (Å²) in [5.41, 5.74) is 2.50. The molecule has 0 aliphatic carbocycles. The number of hydrogen-bond donors (Lipinski definition) is 2. The molecule has 1 unspecified atom stereocenters. The highest BCUT2D eigenvalue weighted by molar-refractivity contribution is 5.79. The predicted octanol–water partition coefficient (Wildman–Crippen LogP) is 2.73. The number of likely N-dealkylation sites (N-methyl/N-ethyl adjacent to an activating group) is 1. The first-order valence-corrected chi connectivity index (χ1v) is 12.4. The van der Waals surface area contributed by atoms with Gasteiger partial charge in [-0.15, -0.1) is 0 Å². The van der Waals surface area contributed by atoms with Gasteiger partial charge in [0.05, 0.1) is 12.6 Å². The van der Waals surface area contributed by atoms with E-state index in [0.717, 1.165) is 56.6 Å². The van der Waals surface area contributed by atoms with Gasteiger partial charge < -0.3 is 20.4 Å². The lowest BCUT2D eigenvalue weighted by molar-refractivity contribution is 0.245. The van der Waals surface area contributed by atoms with Gasteiger partial charge in [0.25, 0.3) is 0 Å². The molecule has 33 heavy (non-hydrogen) atoms. The minimum absolute atomic E-state index is 0.363. The number of benzene rings is 1. The minimum atomic E-state index is 0.363. The molecule has 178 valence electrons. The number of guanidine groups is 1. The van der Waals surface area contributed by atoms with Crippen molar-refractivity contribution in [1.82, 2.24) is 25.4 Å². The van der Waals surface area contributed by atoms with Crippen molar-refractivity contribution in [3.63, 3.8) is 0 Å². The lowest BCUT2D eigenvalue weighted by Crippen LogP contribution is -2.44. The van der Waals surface area contributed by atoms with Crippen LogP contribution in [0.2, 0.25) is 0 Å². The van der Waals surface area contributed by atoms with E-state index < -0.39 is 0 Å². The quantitative estimate of drug-likeness (QED) is 0.477. The Balaban J connectivity index is 1.36. The molecular weight excluding hydrogens is 410 g/mol. The molecule has 1 aromatic heterocycles. The molecule has 2 aliphatic heterocycles. The van der Waals surface area contributed by atoms with Crippen molar-refractivity contribution >= 4 is 11.8 Å². The molecule has 2 N–H and O–H groups in total. The van der Waals surface area contributed by atoms with Gasteiger partial charge in [-0.1, -0.05) is 36.4 Å². The predicted molar refractivity (Wildman–Crippen MR) is 137 cm³/mol. The third-order valence-corrected chi connectivity index (χ3v) is 6.63. The number of hydrogen-bond acceptors (Lipinski definition) is 5. The third-order valence-electron chi connectivity index (χ3n) is 6.63. The Bertz CT molecular complexity index is 854. The molecule has 0 bridgehead atoms. The number of pyridine rings is 1. The summed E-state index contributed by atoms with van der Waals surface area (Å²) in [6.45, 7) is 11.0. The molecule has 2 aliphatic rings. The van der Waals surface area contributed by atoms with Crippen LogP contribution in [0.3, 0.4) is 0 Å². The minimum Gasteiger partial charge on any atom is -0.357 e. The maximum Gasteiger partial charge on any atom is 0.191 e. The number of nitrogens with zero attached hydrogens (tertiary/aromatic N) is 5. The van der Waals surface area contributed by atoms with Gasteiger partial charge in [-0.05, 0) is 57.1 Å². The third kappa shape index (κ3) is 6.68. The fourth-order valence-corrected chi connectivity index (χ4v) is 4.62. The first-order chi connectivity index (χ1) is 16.2. The van der Waals surface area contributed by atoms with Crippen LogP contribution in [0.15, 0.2) is 53.7 Å². The Kier molecular flexibility index (Phi) is 8.55. The van der Waals surface area contributed by atoms with Crippen LogP contribution in [0.25, 0.3) is 0 Å². The standard InChI is InChI=1S/C26H39N7/c1-3-27-26(30-21-24(32-13-7-8-14-32)23-9-5-4-6-10-23)29-20-22-11-12-25(28-19-22)33-17-15-31(2)16-18-33/h4-6,9-12,19,24H,3,7-8,13-18,20-21H2,1-2H3,(H2,27,29,30).